The maximum absolute atomic E-state index is 13.5. The van der Waals surface area contributed by atoms with Crippen molar-refractivity contribution in [3.8, 4) is 0 Å². The Morgan fingerprint density at radius 1 is 0.944 bits per heavy atom. The molecule has 2 aliphatic heterocycles. The molecular weight excluding hydrogens is 477 g/mol. The standard InChI is InChI=1S/C28H22FN3O3S/c29-21-10-14-23(15-11-21)32-27(35)24(17-19-5-2-1-3-6-19)30-28(32)36-18-25(33)20-8-12-22(13-9-20)31-16-4-7-26(31)34/h1-3,5-6,8-15,17H,4,7,16,18H2/b24-17+. The molecule has 2 aliphatic rings. The highest BCUT2D eigenvalue weighted by molar-refractivity contribution is 8.14. The Bertz CT molecular complexity index is 1370. The average Bonchev–Trinajstić information content (AvgIpc) is 3.46. The van der Waals surface area contributed by atoms with Crippen molar-refractivity contribution in [2.75, 3.05) is 22.1 Å². The number of halogens is 1. The molecule has 0 spiro atoms. The van der Waals surface area contributed by atoms with Crippen molar-refractivity contribution in [3.63, 3.8) is 0 Å². The van der Waals surface area contributed by atoms with Gasteiger partial charge in [0.25, 0.3) is 5.91 Å². The van der Waals surface area contributed by atoms with Crippen molar-refractivity contribution < 1.29 is 18.8 Å². The van der Waals surface area contributed by atoms with Gasteiger partial charge in [0.1, 0.15) is 11.5 Å². The van der Waals surface area contributed by atoms with Crippen molar-refractivity contribution in [1.82, 2.24) is 0 Å². The van der Waals surface area contributed by atoms with Crippen LogP contribution in [0.4, 0.5) is 15.8 Å². The number of thioether (sulfide) groups is 1. The van der Waals surface area contributed by atoms with Gasteiger partial charge >= 0.3 is 0 Å². The van der Waals surface area contributed by atoms with E-state index in [-0.39, 0.29) is 29.0 Å². The second kappa shape index (κ2) is 10.3. The molecular formula is C28H22FN3O3S. The third-order valence-electron chi connectivity index (χ3n) is 5.92. The zero-order chi connectivity index (χ0) is 25.1. The minimum Gasteiger partial charge on any atom is -0.312 e. The van der Waals surface area contributed by atoms with Crippen molar-refractivity contribution in [1.29, 1.82) is 0 Å². The van der Waals surface area contributed by atoms with Gasteiger partial charge in [-0.3, -0.25) is 19.3 Å². The minimum atomic E-state index is -0.411. The Hall–Kier alpha value is -4.04. The van der Waals surface area contributed by atoms with Crippen LogP contribution in [0, 0.1) is 5.82 Å². The maximum Gasteiger partial charge on any atom is 0.283 e. The van der Waals surface area contributed by atoms with Gasteiger partial charge in [0, 0.05) is 24.2 Å². The van der Waals surface area contributed by atoms with Gasteiger partial charge in [0.15, 0.2) is 11.0 Å². The number of amides is 2. The predicted molar refractivity (Wildman–Crippen MR) is 141 cm³/mol. The zero-order valence-electron chi connectivity index (χ0n) is 19.3. The van der Waals surface area contributed by atoms with E-state index >= 15 is 0 Å². The molecule has 36 heavy (non-hydrogen) atoms. The summed E-state index contributed by atoms with van der Waals surface area (Å²) in [5.41, 5.74) is 2.82. The Kier molecular flexibility index (Phi) is 6.77. The lowest BCUT2D eigenvalue weighted by atomic mass is 10.1. The summed E-state index contributed by atoms with van der Waals surface area (Å²) >= 11 is 1.15. The molecule has 2 heterocycles. The Morgan fingerprint density at radius 3 is 2.31 bits per heavy atom. The Labute approximate surface area is 212 Å². The van der Waals surface area contributed by atoms with Crippen LogP contribution in [0.25, 0.3) is 6.08 Å². The number of carbonyl (C=O) groups excluding carboxylic acids is 3. The van der Waals surface area contributed by atoms with E-state index in [2.05, 4.69) is 4.99 Å². The smallest absolute Gasteiger partial charge is 0.283 e. The highest BCUT2D eigenvalue weighted by atomic mass is 32.2. The van der Waals surface area contributed by atoms with Gasteiger partial charge in [0.05, 0.1) is 11.4 Å². The van der Waals surface area contributed by atoms with E-state index in [0.717, 1.165) is 29.4 Å². The Balaban J connectivity index is 1.35. The highest BCUT2D eigenvalue weighted by Gasteiger charge is 2.32. The summed E-state index contributed by atoms with van der Waals surface area (Å²) in [6.07, 6.45) is 3.07. The second-order valence-electron chi connectivity index (χ2n) is 8.36. The van der Waals surface area contributed by atoms with E-state index in [1.807, 2.05) is 30.3 Å². The fourth-order valence-corrected chi connectivity index (χ4v) is 4.99. The largest absolute Gasteiger partial charge is 0.312 e. The quantitative estimate of drug-likeness (QED) is 0.340. The van der Waals surface area contributed by atoms with Gasteiger partial charge in [-0.2, -0.15) is 0 Å². The molecule has 180 valence electrons. The van der Waals surface area contributed by atoms with Crippen molar-refractivity contribution in [2.24, 2.45) is 4.99 Å². The summed E-state index contributed by atoms with van der Waals surface area (Å²) in [6.45, 7) is 0.688. The molecule has 0 radical (unpaired) electrons. The van der Waals surface area contributed by atoms with E-state index in [1.54, 1.807) is 35.2 Å². The van der Waals surface area contributed by atoms with Gasteiger partial charge in [-0.15, -0.1) is 0 Å². The lowest BCUT2D eigenvalue weighted by Crippen LogP contribution is -2.30. The average molecular weight is 500 g/mol. The normalized spacial score (nSPS) is 16.7. The van der Waals surface area contributed by atoms with Crippen LogP contribution in [0.2, 0.25) is 0 Å². The van der Waals surface area contributed by atoms with Crippen LogP contribution in [-0.4, -0.2) is 35.1 Å². The molecule has 5 rings (SSSR count). The van der Waals surface area contributed by atoms with Gasteiger partial charge in [0.2, 0.25) is 5.91 Å². The van der Waals surface area contributed by atoms with Gasteiger partial charge in [-0.25, -0.2) is 9.38 Å². The monoisotopic (exact) mass is 499 g/mol. The van der Waals surface area contributed by atoms with Crippen LogP contribution in [0.3, 0.4) is 0 Å². The van der Waals surface area contributed by atoms with E-state index in [4.69, 9.17) is 0 Å². The third kappa shape index (κ3) is 4.99. The summed E-state index contributed by atoms with van der Waals surface area (Å²) < 4.78 is 13.5. The second-order valence-corrected chi connectivity index (χ2v) is 9.30. The van der Waals surface area contributed by atoms with E-state index in [1.165, 1.54) is 29.2 Å². The number of nitrogens with zero attached hydrogens (tertiary/aromatic N) is 3. The molecule has 3 aromatic carbocycles. The summed E-state index contributed by atoms with van der Waals surface area (Å²) in [5, 5.41) is 0.349. The van der Waals surface area contributed by atoms with E-state index in [9.17, 15) is 18.8 Å². The van der Waals surface area contributed by atoms with Crippen LogP contribution in [0.1, 0.15) is 28.8 Å². The molecule has 3 aromatic rings. The van der Waals surface area contributed by atoms with Crippen LogP contribution in [0.15, 0.2) is 89.6 Å². The van der Waals surface area contributed by atoms with Crippen molar-refractivity contribution in [2.45, 2.75) is 12.8 Å². The Morgan fingerprint density at radius 2 is 1.64 bits per heavy atom. The first-order valence-corrected chi connectivity index (χ1v) is 12.5. The summed E-state index contributed by atoms with van der Waals surface area (Å²) in [4.78, 5) is 45.7. The number of anilines is 2. The molecule has 0 aromatic heterocycles. The van der Waals surface area contributed by atoms with Crippen LogP contribution < -0.4 is 9.80 Å². The molecule has 0 bridgehead atoms. The van der Waals surface area contributed by atoms with E-state index < -0.39 is 5.82 Å². The predicted octanol–water partition coefficient (Wildman–Crippen LogP) is 5.31. The fourth-order valence-electron chi connectivity index (χ4n) is 4.08. The summed E-state index contributed by atoms with van der Waals surface area (Å²) in [6, 6.07) is 21.9. The minimum absolute atomic E-state index is 0.0599. The van der Waals surface area contributed by atoms with Crippen LogP contribution in [-0.2, 0) is 9.59 Å². The number of amidine groups is 1. The molecule has 0 unspecified atom stereocenters. The number of aliphatic imine (C=N–C) groups is 1. The lowest BCUT2D eigenvalue weighted by molar-refractivity contribution is -0.117. The number of carbonyl (C=O) groups is 3. The molecule has 0 aliphatic carbocycles. The number of rotatable bonds is 6. The zero-order valence-corrected chi connectivity index (χ0v) is 20.1. The molecule has 1 saturated heterocycles. The molecule has 0 N–H and O–H groups in total. The molecule has 0 atom stereocenters. The molecule has 8 heteroatoms. The van der Waals surface area contributed by atoms with Crippen LogP contribution >= 0.6 is 11.8 Å². The molecule has 6 nitrogen and oxygen atoms in total. The molecule has 2 amide bonds. The summed E-state index contributed by atoms with van der Waals surface area (Å²) in [5.74, 6) is -0.738. The lowest BCUT2D eigenvalue weighted by Gasteiger charge is -2.18. The fraction of sp³-hybridized carbons (Fsp3) is 0.143. The first-order valence-electron chi connectivity index (χ1n) is 11.5. The number of hydrogen-bond acceptors (Lipinski definition) is 5. The highest BCUT2D eigenvalue weighted by Crippen LogP contribution is 2.30. The number of ketones is 1. The van der Waals surface area contributed by atoms with Gasteiger partial charge in [-0.1, -0.05) is 42.1 Å². The first kappa shape index (κ1) is 23.7. The first-order chi connectivity index (χ1) is 17.5. The number of hydrogen-bond donors (Lipinski definition) is 0. The van der Waals surface area contributed by atoms with Crippen molar-refractivity contribution in [3.05, 3.63) is 102 Å². The molecule has 0 saturated carbocycles. The topological polar surface area (TPSA) is 70.1 Å². The van der Waals surface area contributed by atoms with Crippen molar-refractivity contribution >= 4 is 52.0 Å². The van der Waals surface area contributed by atoms with Crippen LogP contribution in [0.5, 0.6) is 0 Å². The third-order valence-corrected chi connectivity index (χ3v) is 6.86. The number of benzene rings is 3. The van der Waals surface area contributed by atoms with Gasteiger partial charge in [-0.05, 0) is 66.6 Å². The maximum atomic E-state index is 13.5. The number of Topliss-reactive ketones (excluding diaryl/α,β-unsaturated/α-hetero) is 1. The molecule has 1 fully saturated rings. The summed E-state index contributed by atoms with van der Waals surface area (Å²) in [7, 11) is 0. The van der Waals surface area contributed by atoms with Gasteiger partial charge < -0.3 is 4.90 Å². The van der Waals surface area contributed by atoms with E-state index in [0.29, 0.717) is 29.4 Å². The SMILES string of the molecule is O=C(CSC1=N/C(=C/c2ccccc2)C(=O)N1c1ccc(F)cc1)c1ccc(N2CCCC2=O)cc1.